The van der Waals surface area contributed by atoms with Crippen LogP contribution in [0.15, 0.2) is 63.9 Å². The Kier molecular flexibility index (Phi) is 5.90. The molecule has 0 N–H and O–H groups in total. The predicted octanol–water partition coefficient (Wildman–Crippen LogP) is 6.38. The van der Waals surface area contributed by atoms with Crippen molar-refractivity contribution in [3.8, 4) is 11.3 Å². The van der Waals surface area contributed by atoms with Gasteiger partial charge in [-0.1, -0.05) is 47.7 Å². The number of non-ortho nitro benzene ring substituents is 1. The summed E-state index contributed by atoms with van der Waals surface area (Å²) in [6, 6.07) is 14.0. The van der Waals surface area contributed by atoms with Crippen molar-refractivity contribution in [2.24, 2.45) is 0 Å². The molecule has 10 heteroatoms. The Labute approximate surface area is 190 Å². The van der Waals surface area contributed by atoms with Gasteiger partial charge >= 0.3 is 0 Å². The van der Waals surface area contributed by atoms with Crippen molar-refractivity contribution in [1.82, 2.24) is 0 Å². The number of carbonyl (C=O) groups is 1. The number of halogens is 2. The van der Waals surface area contributed by atoms with Gasteiger partial charge in [-0.2, -0.15) is 0 Å². The molecule has 6 nitrogen and oxygen atoms in total. The van der Waals surface area contributed by atoms with Crippen LogP contribution < -0.4 is 4.90 Å². The van der Waals surface area contributed by atoms with Gasteiger partial charge in [0.1, 0.15) is 18.2 Å². The summed E-state index contributed by atoms with van der Waals surface area (Å²) in [4.78, 5) is 24.9. The van der Waals surface area contributed by atoms with Crippen molar-refractivity contribution >= 4 is 63.3 Å². The van der Waals surface area contributed by atoms with E-state index in [-0.39, 0.29) is 16.6 Å². The first-order chi connectivity index (χ1) is 14.9. The zero-order chi connectivity index (χ0) is 22.1. The molecule has 2 aromatic carbocycles. The van der Waals surface area contributed by atoms with Crippen LogP contribution in [0.1, 0.15) is 11.3 Å². The first-order valence-corrected chi connectivity index (χ1v) is 10.4. The van der Waals surface area contributed by atoms with Crippen molar-refractivity contribution in [3.05, 3.63) is 86.0 Å². The number of hydrogen-bond acceptors (Lipinski definition) is 6. The van der Waals surface area contributed by atoms with E-state index in [1.54, 1.807) is 42.5 Å². The Hall–Kier alpha value is -3.01. The fourth-order valence-corrected chi connectivity index (χ4v) is 4.54. The second-order valence-corrected chi connectivity index (χ2v) is 8.53. The van der Waals surface area contributed by atoms with Gasteiger partial charge in [0.15, 0.2) is 4.32 Å². The molecule has 156 valence electrons. The van der Waals surface area contributed by atoms with E-state index in [1.807, 2.05) is 0 Å². The number of nitro groups is 1. The zero-order valence-corrected chi connectivity index (χ0v) is 18.0. The van der Waals surface area contributed by atoms with Crippen LogP contribution in [0.5, 0.6) is 0 Å². The highest BCUT2D eigenvalue weighted by molar-refractivity contribution is 8.27. The summed E-state index contributed by atoms with van der Waals surface area (Å²) in [5.74, 6) is 0.456. The molecule has 1 fully saturated rings. The Morgan fingerprint density at radius 3 is 2.74 bits per heavy atom. The number of nitro benzene ring substituents is 1. The van der Waals surface area contributed by atoms with Crippen LogP contribution in [0.3, 0.4) is 0 Å². The number of anilines is 1. The third kappa shape index (κ3) is 4.25. The lowest BCUT2D eigenvalue weighted by atomic mass is 10.1. The third-order valence-electron chi connectivity index (χ3n) is 4.45. The van der Waals surface area contributed by atoms with Crippen LogP contribution in [-0.4, -0.2) is 15.2 Å². The lowest BCUT2D eigenvalue weighted by Crippen LogP contribution is -2.27. The Morgan fingerprint density at radius 1 is 1.23 bits per heavy atom. The van der Waals surface area contributed by atoms with Crippen LogP contribution in [0.2, 0.25) is 5.02 Å². The molecule has 1 aliphatic heterocycles. The van der Waals surface area contributed by atoms with E-state index in [1.165, 1.54) is 23.1 Å². The SMILES string of the molecule is O=C1/C(=C/c2ccc(-c3ccc([N+](=O)[O-])cc3Cl)o2)SC(=S)N1c1cccc(CF)c1. The molecule has 0 radical (unpaired) electrons. The summed E-state index contributed by atoms with van der Waals surface area (Å²) in [6.07, 6.45) is 1.56. The molecule has 0 saturated carbocycles. The van der Waals surface area contributed by atoms with Gasteiger partial charge in [0.2, 0.25) is 0 Å². The van der Waals surface area contributed by atoms with Crippen LogP contribution in [0, 0.1) is 10.1 Å². The number of alkyl halides is 1. The van der Waals surface area contributed by atoms with E-state index in [0.717, 1.165) is 11.8 Å². The van der Waals surface area contributed by atoms with Crippen molar-refractivity contribution in [3.63, 3.8) is 0 Å². The molecule has 1 aromatic heterocycles. The van der Waals surface area contributed by atoms with E-state index in [0.29, 0.717) is 37.6 Å². The molecule has 0 spiro atoms. The van der Waals surface area contributed by atoms with Gasteiger partial charge in [-0.05, 0) is 35.9 Å². The minimum atomic E-state index is -0.640. The first-order valence-electron chi connectivity index (χ1n) is 8.84. The Bertz CT molecular complexity index is 1260. The number of amides is 1. The van der Waals surface area contributed by atoms with Crippen LogP contribution in [0.4, 0.5) is 15.8 Å². The summed E-state index contributed by atoms with van der Waals surface area (Å²) < 4.78 is 19.1. The molecular weight excluding hydrogens is 463 g/mol. The molecule has 0 atom stereocenters. The fraction of sp³-hybridized carbons (Fsp3) is 0.0476. The number of benzene rings is 2. The van der Waals surface area contributed by atoms with Crippen molar-refractivity contribution in [1.29, 1.82) is 0 Å². The smallest absolute Gasteiger partial charge is 0.270 e. The van der Waals surface area contributed by atoms with Crippen LogP contribution in [0.25, 0.3) is 17.4 Å². The average molecular weight is 475 g/mol. The zero-order valence-electron chi connectivity index (χ0n) is 15.6. The molecular formula is C21H12ClFN2O4S2. The maximum Gasteiger partial charge on any atom is 0.270 e. The standard InChI is InChI=1S/C21H12ClFN2O4S2/c22-17-9-14(25(27)28)4-6-16(17)18-7-5-15(29-18)10-19-20(26)24(21(30)31-19)13-3-1-2-12(8-13)11-23/h1-10H,11H2/b19-10-. The predicted molar refractivity (Wildman–Crippen MR) is 123 cm³/mol. The second-order valence-electron chi connectivity index (χ2n) is 6.44. The highest BCUT2D eigenvalue weighted by Gasteiger charge is 2.33. The number of rotatable bonds is 5. The molecule has 1 saturated heterocycles. The van der Waals surface area contributed by atoms with Crippen molar-refractivity contribution in [2.45, 2.75) is 6.67 Å². The molecule has 2 heterocycles. The molecule has 0 unspecified atom stereocenters. The summed E-state index contributed by atoms with van der Waals surface area (Å²) in [5, 5.41) is 11.0. The van der Waals surface area contributed by atoms with Crippen molar-refractivity contribution < 1.29 is 18.5 Å². The monoisotopic (exact) mass is 474 g/mol. The van der Waals surface area contributed by atoms with Crippen LogP contribution in [-0.2, 0) is 11.5 Å². The Morgan fingerprint density at radius 2 is 2.03 bits per heavy atom. The van der Waals surface area contributed by atoms with E-state index in [4.69, 9.17) is 28.2 Å². The highest BCUT2D eigenvalue weighted by atomic mass is 35.5. The van der Waals surface area contributed by atoms with Gasteiger partial charge < -0.3 is 4.42 Å². The van der Waals surface area contributed by atoms with E-state index >= 15 is 0 Å². The normalized spacial score (nSPS) is 15.2. The van der Waals surface area contributed by atoms with Gasteiger partial charge in [-0.25, -0.2) is 4.39 Å². The topological polar surface area (TPSA) is 76.6 Å². The quantitative estimate of drug-likeness (QED) is 0.185. The fourth-order valence-electron chi connectivity index (χ4n) is 2.99. The van der Waals surface area contributed by atoms with Crippen LogP contribution >= 0.6 is 35.6 Å². The number of hydrogen-bond donors (Lipinski definition) is 0. The molecule has 31 heavy (non-hydrogen) atoms. The Balaban J connectivity index is 1.60. The number of thiocarbonyl (C=S) groups is 1. The minimum Gasteiger partial charge on any atom is -0.457 e. The second kappa shape index (κ2) is 8.62. The van der Waals surface area contributed by atoms with Gasteiger partial charge in [-0.3, -0.25) is 19.8 Å². The summed E-state index contributed by atoms with van der Waals surface area (Å²) >= 11 is 12.6. The largest absolute Gasteiger partial charge is 0.457 e. The maximum atomic E-state index is 13.0. The number of nitrogens with zero attached hydrogens (tertiary/aromatic N) is 2. The summed E-state index contributed by atoms with van der Waals surface area (Å²) in [6.45, 7) is -0.640. The minimum absolute atomic E-state index is 0.124. The number of thioether (sulfide) groups is 1. The molecule has 1 aliphatic rings. The van der Waals surface area contributed by atoms with Gasteiger partial charge in [0.05, 0.1) is 20.5 Å². The molecule has 0 aliphatic carbocycles. The number of carbonyl (C=O) groups excluding carboxylic acids is 1. The third-order valence-corrected chi connectivity index (χ3v) is 6.06. The first kappa shape index (κ1) is 21.2. The highest BCUT2D eigenvalue weighted by Crippen LogP contribution is 2.38. The summed E-state index contributed by atoms with van der Waals surface area (Å²) in [7, 11) is 0. The molecule has 1 amide bonds. The van der Waals surface area contributed by atoms with Gasteiger partial charge in [0, 0.05) is 23.8 Å². The number of furan rings is 1. The van der Waals surface area contributed by atoms with E-state index in [2.05, 4.69) is 0 Å². The van der Waals surface area contributed by atoms with E-state index in [9.17, 15) is 19.3 Å². The maximum absolute atomic E-state index is 13.0. The lowest BCUT2D eigenvalue weighted by Gasteiger charge is -2.15. The molecule has 3 aromatic rings. The van der Waals surface area contributed by atoms with Gasteiger partial charge in [0.25, 0.3) is 11.6 Å². The van der Waals surface area contributed by atoms with Gasteiger partial charge in [-0.15, -0.1) is 0 Å². The lowest BCUT2D eigenvalue weighted by molar-refractivity contribution is -0.384. The average Bonchev–Trinajstić information content (AvgIpc) is 3.32. The molecule has 4 rings (SSSR count). The summed E-state index contributed by atoms with van der Waals surface area (Å²) in [5.41, 5.74) is 1.31. The van der Waals surface area contributed by atoms with E-state index < -0.39 is 11.6 Å². The molecule has 0 bridgehead atoms. The van der Waals surface area contributed by atoms with Crippen molar-refractivity contribution in [2.75, 3.05) is 4.90 Å².